The second kappa shape index (κ2) is 5.45. The minimum absolute atomic E-state index is 0.887. The first-order chi connectivity index (χ1) is 6.66. The molecule has 0 saturated heterocycles. The fourth-order valence-electron chi connectivity index (χ4n) is 1.05. The SMILES string of the molecule is COc1ccc(P(=S)(SC)SC)cc1. The van der Waals surface area contributed by atoms with Gasteiger partial charge in [0.1, 0.15) is 5.75 Å². The zero-order valence-corrected chi connectivity index (χ0v) is 11.7. The molecule has 0 aliphatic heterocycles. The molecule has 0 aromatic heterocycles. The number of hydrogen-bond donors (Lipinski definition) is 0. The molecule has 0 bridgehead atoms. The lowest BCUT2D eigenvalue weighted by atomic mass is 10.3. The highest BCUT2D eigenvalue weighted by Crippen LogP contribution is 2.65. The number of hydrogen-bond acceptors (Lipinski definition) is 4. The maximum absolute atomic E-state index is 5.65. The first-order valence-electron chi connectivity index (χ1n) is 4.02. The number of rotatable bonds is 4. The van der Waals surface area contributed by atoms with Crippen LogP contribution >= 0.6 is 27.2 Å². The predicted octanol–water partition coefficient (Wildman–Crippen LogP) is 3.36. The highest BCUT2D eigenvalue weighted by molar-refractivity contribution is 9.02. The van der Waals surface area contributed by atoms with Crippen LogP contribution in [0.3, 0.4) is 0 Å². The van der Waals surface area contributed by atoms with Crippen LogP contribution in [-0.2, 0) is 11.8 Å². The third-order valence-electron chi connectivity index (χ3n) is 1.87. The van der Waals surface area contributed by atoms with E-state index >= 15 is 0 Å². The van der Waals surface area contributed by atoms with Gasteiger partial charge in [0.2, 0.25) is 0 Å². The van der Waals surface area contributed by atoms with Crippen molar-refractivity contribution in [2.75, 3.05) is 19.6 Å². The van der Waals surface area contributed by atoms with Crippen molar-refractivity contribution in [3.8, 4) is 5.75 Å². The summed E-state index contributed by atoms with van der Waals surface area (Å²) in [5.74, 6) is 0.887. The molecule has 0 fully saturated rings. The Morgan fingerprint density at radius 2 is 1.64 bits per heavy atom. The van der Waals surface area contributed by atoms with Gasteiger partial charge in [0.05, 0.1) is 11.6 Å². The van der Waals surface area contributed by atoms with Gasteiger partial charge in [-0.05, 0) is 36.8 Å². The zero-order chi connectivity index (χ0) is 10.6. The molecule has 14 heavy (non-hydrogen) atoms. The van der Waals surface area contributed by atoms with Gasteiger partial charge in [-0.15, -0.1) is 22.8 Å². The lowest BCUT2D eigenvalue weighted by Gasteiger charge is -2.17. The Labute approximate surface area is 98.5 Å². The molecule has 0 amide bonds. The normalized spacial score (nSPS) is 11.4. The number of ether oxygens (including phenoxy) is 1. The molecule has 0 radical (unpaired) electrons. The second-order valence-corrected chi connectivity index (χ2v) is 14.0. The van der Waals surface area contributed by atoms with Gasteiger partial charge >= 0.3 is 0 Å². The van der Waals surface area contributed by atoms with Crippen molar-refractivity contribution >= 4 is 44.3 Å². The minimum atomic E-state index is -1.45. The number of benzene rings is 1. The molecule has 5 heteroatoms. The largest absolute Gasteiger partial charge is 0.497 e. The van der Waals surface area contributed by atoms with Crippen LogP contribution in [0.25, 0.3) is 0 Å². The molecule has 0 spiro atoms. The Morgan fingerprint density at radius 3 is 2.00 bits per heavy atom. The average molecular weight is 264 g/mol. The van der Waals surface area contributed by atoms with E-state index in [0.717, 1.165) is 5.75 Å². The lowest BCUT2D eigenvalue weighted by Crippen LogP contribution is -1.98. The van der Waals surface area contributed by atoms with Crippen molar-refractivity contribution in [2.45, 2.75) is 0 Å². The highest BCUT2D eigenvalue weighted by atomic mass is 33.2. The molecule has 0 saturated carbocycles. The van der Waals surface area contributed by atoms with Crippen molar-refractivity contribution in [3.63, 3.8) is 0 Å². The summed E-state index contributed by atoms with van der Waals surface area (Å²) >= 11 is 9.22. The predicted molar refractivity (Wildman–Crippen MR) is 73.9 cm³/mol. The Bertz CT molecular complexity index is 328. The van der Waals surface area contributed by atoms with E-state index in [1.165, 1.54) is 5.30 Å². The fourth-order valence-corrected chi connectivity index (χ4v) is 6.28. The number of methoxy groups -OCH3 is 1. The van der Waals surface area contributed by atoms with Crippen molar-refractivity contribution in [1.82, 2.24) is 0 Å². The van der Waals surface area contributed by atoms with Crippen LogP contribution in [-0.4, -0.2) is 19.6 Å². The molecule has 1 nitrogen and oxygen atoms in total. The molecule has 0 aliphatic carbocycles. The summed E-state index contributed by atoms with van der Waals surface area (Å²) in [6, 6.07) is 8.10. The molecule has 1 rings (SSSR count). The summed E-state index contributed by atoms with van der Waals surface area (Å²) in [4.78, 5) is 0. The van der Waals surface area contributed by atoms with Crippen LogP contribution in [0.1, 0.15) is 0 Å². The van der Waals surface area contributed by atoms with Gasteiger partial charge < -0.3 is 4.74 Å². The van der Waals surface area contributed by atoms with Crippen molar-refractivity contribution in [2.24, 2.45) is 0 Å². The van der Waals surface area contributed by atoms with Gasteiger partial charge in [0.15, 0.2) is 0 Å². The summed E-state index contributed by atoms with van der Waals surface area (Å²) in [7, 11) is 1.67. The van der Waals surface area contributed by atoms with Crippen LogP contribution in [0.5, 0.6) is 5.75 Å². The Kier molecular flexibility index (Phi) is 4.84. The molecular formula is C9H13OPS3. The van der Waals surface area contributed by atoms with Gasteiger partial charge in [0, 0.05) is 5.30 Å². The molecule has 1 aromatic carbocycles. The van der Waals surface area contributed by atoms with Crippen molar-refractivity contribution < 1.29 is 4.74 Å². The highest BCUT2D eigenvalue weighted by Gasteiger charge is 2.16. The third kappa shape index (κ3) is 2.69. The first-order valence-corrected chi connectivity index (χ1v) is 10.5. The van der Waals surface area contributed by atoms with E-state index in [0.29, 0.717) is 0 Å². The standard InChI is InChI=1S/C9H13OPS3/c1-10-8-4-6-9(7-5-8)11(12,13-2)14-3/h4-7H,1-3H3. The van der Waals surface area contributed by atoms with Crippen LogP contribution in [0.15, 0.2) is 24.3 Å². The van der Waals surface area contributed by atoms with E-state index in [1.807, 2.05) is 12.1 Å². The molecule has 0 aliphatic rings. The van der Waals surface area contributed by atoms with E-state index in [-0.39, 0.29) is 0 Å². The van der Waals surface area contributed by atoms with E-state index in [1.54, 1.807) is 29.9 Å². The van der Waals surface area contributed by atoms with Gasteiger partial charge in [0.25, 0.3) is 0 Å². The third-order valence-corrected chi connectivity index (χ3v) is 13.9. The van der Waals surface area contributed by atoms with E-state index in [4.69, 9.17) is 16.5 Å². The quantitative estimate of drug-likeness (QED) is 0.771. The Balaban J connectivity index is 3.01. The van der Waals surface area contributed by atoms with E-state index < -0.39 is 4.44 Å². The smallest absolute Gasteiger partial charge is 0.118 e. The topological polar surface area (TPSA) is 9.23 Å². The van der Waals surface area contributed by atoms with Gasteiger partial charge in [-0.2, -0.15) is 0 Å². The van der Waals surface area contributed by atoms with Crippen LogP contribution in [0.4, 0.5) is 0 Å². The molecule has 0 atom stereocenters. The molecule has 78 valence electrons. The van der Waals surface area contributed by atoms with Gasteiger partial charge in [-0.3, -0.25) is 0 Å². The molecule has 0 unspecified atom stereocenters. The summed E-state index contributed by atoms with van der Waals surface area (Å²) in [6.45, 7) is 0. The summed E-state index contributed by atoms with van der Waals surface area (Å²) in [6.07, 6.45) is 4.17. The maximum atomic E-state index is 5.65. The van der Waals surface area contributed by atoms with Crippen LogP contribution < -0.4 is 10.0 Å². The van der Waals surface area contributed by atoms with Crippen LogP contribution in [0, 0.1) is 0 Å². The van der Waals surface area contributed by atoms with E-state index in [2.05, 4.69) is 24.6 Å². The average Bonchev–Trinajstić information content (AvgIpc) is 2.28. The second-order valence-electron chi connectivity index (χ2n) is 2.56. The Hall–Kier alpha value is 0.370. The molecule has 1 aromatic rings. The van der Waals surface area contributed by atoms with Crippen molar-refractivity contribution in [3.05, 3.63) is 24.3 Å². The minimum Gasteiger partial charge on any atom is -0.497 e. The Morgan fingerprint density at radius 1 is 1.14 bits per heavy atom. The summed E-state index contributed by atoms with van der Waals surface area (Å²) in [5, 5.41) is 1.26. The fraction of sp³-hybridized carbons (Fsp3) is 0.333. The molecular weight excluding hydrogens is 251 g/mol. The van der Waals surface area contributed by atoms with Crippen LogP contribution in [0.2, 0.25) is 0 Å². The van der Waals surface area contributed by atoms with E-state index in [9.17, 15) is 0 Å². The summed E-state index contributed by atoms with van der Waals surface area (Å²) < 4.78 is 3.66. The zero-order valence-electron chi connectivity index (χ0n) is 8.39. The first kappa shape index (κ1) is 12.4. The molecule has 0 heterocycles. The van der Waals surface area contributed by atoms with Gasteiger partial charge in [-0.25, -0.2) is 0 Å². The van der Waals surface area contributed by atoms with Crippen molar-refractivity contribution in [1.29, 1.82) is 0 Å². The monoisotopic (exact) mass is 264 g/mol. The summed E-state index contributed by atoms with van der Waals surface area (Å²) in [5.41, 5.74) is 0. The molecule has 0 N–H and O–H groups in total. The van der Waals surface area contributed by atoms with Gasteiger partial charge in [-0.1, -0.05) is 11.8 Å². The maximum Gasteiger partial charge on any atom is 0.118 e. The lowest BCUT2D eigenvalue weighted by molar-refractivity contribution is 0.415.